The Morgan fingerprint density at radius 3 is 2.67 bits per heavy atom. The number of carboxylic acids is 1. The fraction of sp³-hybridized carbons (Fsp3) is 0.455. The van der Waals surface area contributed by atoms with Crippen molar-refractivity contribution >= 4 is 17.5 Å². The number of rotatable bonds is 6. The zero-order valence-corrected chi connectivity index (χ0v) is 10.2. The first-order valence-electron chi connectivity index (χ1n) is 5.54. The molecule has 1 rings (SSSR count). The van der Waals surface area contributed by atoms with E-state index in [1.54, 1.807) is 4.90 Å². The summed E-state index contributed by atoms with van der Waals surface area (Å²) in [5, 5.41) is 19.3. The van der Waals surface area contributed by atoms with E-state index in [1.165, 1.54) is 18.3 Å². The van der Waals surface area contributed by atoms with E-state index in [4.69, 9.17) is 5.11 Å². The van der Waals surface area contributed by atoms with Gasteiger partial charge in [-0.3, -0.25) is 4.79 Å². The van der Waals surface area contributed by atoms with E-state index in [2.05, 4.69) is 4.98 Å². The average molecular weight is 253 g/mol. The molecule has 0 fully saturated rings. The van der Waals surface area contributed by atoms with Crippen LogP contribution in [0.2, 0.25) is 0 Å². The number of aliphatic carboxylic acids is 1. The van der Waals surface area contributed by atoms with Gasteiger partial charge in [0.15, 0.2) is 6.20 Å². The van der Waals surface area contributed by atoms with Crippen LogP contribution >= 0.6 is 0 Å². The Hall–Kier alpha value is -2.18. The van der Waals surface area contributed by atoms with Gasteiger partial charge in [-0.2, -0.15) is 0 Å². The van der Waals surface area contributed by atoms with Crippen molar-refractivity contribution in [3.05, 3.63) is 28.4 Å². The Labute approximate surface area is 104 Å². The van der Waals surface area contributed by atoms with E-state index in [1.807, 2.05) is 13.8 Å². The predicted molar refractivity (Wildman–Crippen MR) is 65.6 cm³/mol. The van der Waals surface area contributed by atoms with Crippen molar-refractivity contribution in [1.29, 1.82) is 0 Å². The smallest absolute Gasteiger partial charge is 0.363 e. The van der Waals surface area contributed by atoms with Crippen LogP contribution in [-0.2, 0) is 4.79 Å². The largest absolute Gasteiger partial charge is 0.480 e. The van der Waals surface area contributed by atoms with Gasteiger partial charge in [-0.05, 0) is 29.3 Å². The third kappa shape index (κ3) is 3.41. The normalized spacial score (nSPS) is 11.9. The maximum atomic E-state index is 10.8. The predicted octanol–water partition coefficient (Wildman–Crippen LogP) is 1.68. The number of aromatic nitrogens is 1. The van der Waals surface area contributed by atoms with Gasteiger partial charge < -0.3 is 20.1 Å². The van der Waals surface area contributed by atoms with Crippen molar-refractivity contribution in [2.75, 3.05) is 11.4 Å². The van der Waals surface area contributed by atoms with Crippen LogP contribution in [0, 0.1) is 10.1 Å². The highest BCUT2D eigenvalue weighted by Gasteiger charge is 2.18. The molecule has 0 aliphatic rings. The third-order valence-corrected chi connectivity index (χ3v) is 2.68. The van der Waals surface area contributed by atoms with Gasteiger partial charge in [0.25, 0.3) is 0 Å². The lowest BCUT2D eigenvalue weighted by Gasteiger charge is -2.27. The van der Waals surface area contributed by atoms with Gasteiger partial charge in [0.1, 0.15) is 6.54 Å². The standard InChI is InChI=1S/C11H15N3O4/c1-3-8(2)13(7-11(15)16)9-4-5-10(12-6-9)14(17)18/h4-6,8H,3,7H2,1-2H3,(H,15,16). The van der Waals surface area contributed by atoms with Crippen LogP contribution in [0.15, 0.2) is 18.3 Å². The van der Waals surface area contributed by atoms with Crippen molar-refractivity contribution in [2.45, 2.75) is 26.3 Å². The molecule has 0 saturated carbocycles. The van der Waals surface area contributed by atoms with Crippen molar-refractivity contribution in [1.82, 2.24) is 4.98 Å². The van der Waals surface area contributed by atoms with Gasteiger partial charge in [0, 0.05) is 12.1 Å². The first kappa shape index (κ1) is 13.9. The van der Waals surface area contributed by atoms with E-state index in [-0.39, 0.29) is 18.4 Å². The van der Waals surface area contributed by atoms with Gasteiger partial charge in [-0.25, -0.2) is 0 Å². The fourth-order valence-electron chi connectivity index (χ4n) is 1.52. The molecule has 1 heterocycles. The lowest BCUT2D eigenvalue weighted by atomic mass is 10.2. The summed E-state index contributed by atoms with van der Waals surface area (Å²) in [5.41, 5.74) is 0.567. The Kier molecular flexibility index (Phi) is 4.59. The van der Waals surface area contributed by atoms with E-state index >= 15 is 0 Å². The SMILES string of the molecule is CCC(C)N(CC(=O)O)c1ccc([N+](=O)[O-])nc1. The molecule has 0 saturated heterocycles. The molecule has 98 valence electrons. The molecule has 0 radical (unpaired) electrons. The zero-order valence-electron chi connectivity index (χ0n) is 10.2. The summed E-state index contributed by atoms with van der Waals surface area (Å²) in [6.07, 6.45) is 2.09. The second kappa shape index (κ2) is 5.95. The molecule has 0 aromatic carbocycles. The summed E-state index contributed by atoms with van der Waals surface area (Å²) >= 11 is 0. The van der Waals surface area contributed by atoms with Crippen LogP contribution in [0.3, 0.4) is 0 Å². The van der Waals surface area contributed by atoms with E-state index in [0.29, 0.717) is 5.69 Å². The number of hydrogen-bond donors (Lipinski definition) is 1. The number of pyridine rings is 1. The molecule has 0 spiro atoms. The Bertz CT molecular complexity index is 432. The summed E-state index contributed by atoms with van der Waals surface area (Å²) in [7, 11) is 0. The quantitative estimate of drug-likeness (QED) is 0.612. The molecule has 0 bridgehead atoms. The zero-order chi connectivity index (χ0) is 13.7. The van der Waals surface area contributed by atoms with Crippen molar-refractivity contribution < 1.29 is 14.8 Å². The van der Waals surface area contributed by atoms with Gasteiger partial charge >= 0.3 is 11.8 Å². The molecule has 1 unspecified atom stereocenters. The average Bonchev–Trinajstić information content (AvgIpc) is 2.35. The lowest BCUT2D eigenvalue weighted by Crippen LogP contribution is -2.37. The maximum absolute atomic E-state index is 10.8. The Morgan fingerprint density at radius 1 is 1.61 bits per heavy atom. The van der Waals surface area contributed by atoms with Gasteiger partial charge in [0.05, 0.1) is 5.69 Å². The Morgan fingerprint density at radius 2 is 2.28 bits per heavy atom. The van der Waals surface area contributed by atoms with E-state index < -0.39 is 10.9 Å². The highest BCUT2D eigenvalue weighted by Crippen LogP contribution is 2.19. The second-order valence-electron chi connectivity index (χ2n) is 3.91. The Balaban J connectivity index is 2.97. The number of hydrogen-bond acceptors (Lipinski definition) is 5. The number of carboxylic acid groups (broad SMARTS) is 1. The number of anilines is 1. The lowest BCUT2D eigenvalue weighted by molar-refractivity contribution is -0.389. The van der Waals surface area contributed by atoms with Crippen LogP contribution in [0.1, 0.15) is 20.3 Å². The highest BCUT2D eigenvalue weighted by molar-refractivity contribution is 5.73. The third-order valence-electron chi connectivity index (χ3n) is 2.68. The van der Waals surface area contributed by atoms with Crippen LogP contribution in [-0.4, -0.2) is 33.6 Å². The van der Waals surface area contributed by atoms with Crippen molar-refractivity contribution in [3.8, 4) is 0 Å². The van der Waals surface area contributed by atoms with Crippen LogP contribution in [0.5, 0.6) is 0 Å². The highest BCUT2D eigenvalue weighted by atomic mass is 16.6. The molecule has 1 atom stereocenters. The molecule has 0 aliphatic carbocycles. The molecule has 18 heavy (non-hydrogen) atoms. The number of carbonyl (C=O) groups is 1. The summed E-state index contributed by atoms with van der Waals surface area (Å²) in [6.45, 7) is 3.68. The van der Waals surface area contributed by atoms with E-state index in [0.717, 1.165) is 6.42 Å². The van der Waals surface area contributed by atoms with Gasteiger partial charge in [-0.1, -0.05) is 6.92 Å². The first-order valence-corrected chi connectivity index (χ1v) is 5.54. The summed E-state index contributed by atoms with van der Waals surface area (Å²) in [5.74, 6) is -1.20. The van der Waals surface area contributed by atoms with Crippen LogP contribution < -0.4 is 4.90 Å². The summed E-state index contributed by atoms with van der Waals surface area (Å²) in [6, 6.07) is 2.80. The minimum Gasteiger partial charge on any atom is -0.480 e. The molecule has 7 nitrogen and oxygen atoms in total. The minimum absolute atomic E-state index is 0.0179. The van der Waals surface area contributed by atoms with Crippen molar-refractivity contribution in [3.63, 3.8) is 0 Å². The number of nitro groups is 1. The summed E-state index contributed by atoms with van der Waals surface area (Å²) < 4.78 is 0. The van der Waals surface area contributed by atoms with Gasteiger partial charge in [0.2, 0.25) is 0 Å². The molecule has 1 aromatic heterocycles. The van der Waals surface area contributed by atoms with Gasteiger partial charge in [-0.15, -0.1) is 0 Å². The topological polar surface area (TPSA) is 96.6 Å². The second-order valence-corrected chi connectivity index (χ2v) is 3.91. The van der Waals surface area contributed by atoms with Crippen molar-refractivity contribution in [2.24, 2.45) is 0 Å². The van der Waals surface area contributed by atoms with E-state index in [9.17, 15) is 14.9 Å². The van der Waals surface area contributed by atoms with Crippen LogP contribution in [0.4, 0.5) is 11.5 Å². The molecule has 7 heteroatoms. The molecule has 0 amide bonds. The molecular weight excluding hydrogens is 238 g/mol. The monoisotopic (exact) mass is 253 g/mol. The molecule has 1 N–H and O–H groups in total. The molecular formula is C11H15N3O4. The fourth-order valence-corrected chi connectivity index (χ4v) is 1.52. The molecule has 1 aromatic rings. The van der Waals surface area contributed by atoms with Crippen LogP contribution in [0.25, 0.3) is 0 Å². The molecule has 0 aliphatic heterocycles. The minimum atomic E-state index is -0.950. The first-order chi connectivity index (χ1) is 8.45. The number of nitrogens with zero attached hydrogens (tertiary/aromatic N) is 3. The maximum Gasteiger partial charge on any atom is 0.363 e. The summed E-state index contributed by atoms with van der Waals surface area (Å²) in [4.78, 5) is 26.0.